The predicted octanol–water partition coefficient (Wildman–Crippen LogP) is 2.60. The largest absolute Gasteiger partial charge is 0.519 e. The lowest BCUT2D eigenvalue weighted by Gasteiger charge is -2.18. The molecule has 0 saturated heterocycles. The number of nitrogens with zero attached hydrogens (tertiary/aromatic N) is 3. The van der Waals surface area contributed by atoms with Crippen LogP contribution in [0.1, 0.15) is 0 Å². The molecule has 0 fully saturated rings. The van der Waals surface area contributed by atoms with Crippen molar-refractivity contribution in [1.82, 2.24) is 14.4 Å². The van der Waals surface area contributed by atoms with Gasteiger partial charge in [0.15, 0.2) is 0 Å². The quantitative estimate of drug-likeness (QED) is 0.599. The summed E-state index contributed by atoms with van der Waals surface area (Å²) in [4.78, 5) is 8.30. The van der Waals surface area contributed by atoms with Gasteiger partial charge >= 0.3 is 0 Å². The van der Waals surface area contributed by atoms with Crippen LogP contribution in [-0.2, 0) is 0 Å². The van der Waals surface area contributed by atoms with E-state index in [1.165, 1.54) is 0 Å². The first-order valence-corrected chi connectivity index (χ1v) is 8.43. The Balaban J connectivity index is 2.53. The molecule has 0 radical (unpaired) electrons. The number of rotatable bonds is 2. The lowest BCUT2D eigenvalue weighted by Crippen LogP contribution is -2.30. The maximum Gasteiger partial charge on any atom is 0.289 e. The molecule has 2 aromatic heterocycles. The summed E-state index contributed by atoms with van der Waals surface area (Å²) >= 11 is 5.88. The first kappa shape index (κ1) is 10.4. The SMILES string of the molecule is C[Si](C)(C)Oc1nc(Cl)cc2nccn12. The number of halogens is 1. The predicted molar refractivity (Wildman–Crippen MR) is 62.0 cm³/mol. The van der Waals surface area contributed by atoms with E-state index in [0.717, 1.165) is 5.65 Å². The summed E-state index contributed by atoms with van der Waals surface area (Å²) < 4.78 is 7.62. The zero-order valence-corrected chi connectivity index (χ0v) is 10.6. The van der Waals surface area contributed by atoms with E-state index >= 15 is 0 Å². The molecule has 0 unspecified atom stereocenters. The molecule has 80 valence electrons. The third-order valence-corrected chi connectivity index (χ3v) is 2.71. The lowest BCUT2D eigenvalue weighted by atomic mass is 10.6. The first-order valence-electron chi connectivity index (χ1n) is 4.64. The second kappa shape index (κ2) is 3.50. The van der Waals surface area contributed by atoms with Crippen molar-refractivity contribution in [3.05, 3.63) is 23.6 Å². The average Bonchev–Trinajstić information content (AvgIpc) is 2.48. The van der Waals surface area contributed by atoms with Gasteiger partial charge in [0.05, 0.1) is 0 Å². The number of aromatic nitrogens is 3. The van der Waals surface area contributed by atoms with E-state index in [2.05, 4.69) is 29.6 Å². The zero-order valence-electron chi connectivity index (χ0n) is 8.86. The standard InChI is InChI=1S/C9H12ClN3OSi/c1-15(2,3)14-9-12-7(10)6-8-11-4-5-13(8)9/h4-6H,1-3H3. The van der Waals surface area contributed by atoms with E-state index in [1.54, 1.807) is 16.7 Å². The van der Waals surface area contributed by atoms with Crippen LogP contribution in [0.5, 0.6) is 6.01 Å². The summed E-state index contributed by atoms with van der Waals surface area (Å²) in [6.07, 6.45) is 3.51. The Labute approximate surface area is 94.0 Å². The second-order valence-electron chi connectivity index (χ2n) is 4.23. The van der Waals surface area contributed by atoms with Gasteiger partial charge in [-0.15, -0.1) is 0 Å². The summed E-state index contributed by atoms with van der Waals surface area (Å²) in [6.45, 7) is 6.29. The molecule has 0 atom stereocenters. The van der Waals surface area contributed by atoms with E-state index < -0.39 is 8.32 Å². The molecule has 0 bridgehead atoms. The normalized spacial score (nSPS) is 12.0. The van der Waals surface area contributed by atoms with Crippen LogP contribution in [0.25, 0.3) is 5.65 Å². The van der Waals surface area contributed by atoms with Crippen molar-refractivity contribution in [2.24, 2.45) is 0 Å². The highest BCUT2D eigenvalue weighted by atomic mass is 35.5. The number of fused-ring (bicyclic) bond motifs is 1. The summed E-state index contributed by atoms with van der Waals surface area (Å²) in [5.74, 6) is 0. The van der Waals surface area contributed by atoms with Gasteiger partial charge in [0, 0.05) is 18.5 Å². The molecule has 0 spiro atoms. The lowest BCUT2D eigenvalue weighted by molar-refractivity contribution is 0.500. The van der Waals surface area contributed by atoms with Crippen LogP contribution in [0.4, 0.5) is 0 Å². The molecule has 2 rings (SSSR count). The van der Waals surface area contributed by atoms with Crippen molar-refractivity contribution >= 4 is 25.6 Å². The van der Waals surface area contributed by atoms with Crippen molar-refractivity contribution in [3.63, 3.8) is 0 Å². The van der Waals surface area contributed by atoms with Gasteiger partial charge in [0.1, 0.15) is 10.8 Å². The fourth-order valence-corrected chi connectivity index (χ4v) is 2.08. The smallest absolute Gasteiger partial charge is 0.289 e. The molecule has 0 N–H and O–H groups in total. The van der Waals surface area contributed by atoms with Gasteiger partial charge in [0.25, 0.3) is 6.01 Å². The molecule has 0 aromatic carbocycles. The fraction of sp³-hybridized carbons (Fsp3) is 0.333. The minimum atomic E-state index is -1.68. The van der Waals surface area contributed by atoms with Crippen molar-refractivity contribution in [1.29, 1.82) is 0 Å². The maximum atomic E-state index is 5.88. The van der Waals surface area contributed by atoms with Crippen LogP contribution in [-0.4, -0.2) is 22.7 Å². The van der Waals surface area contributed by atoms with Crippen molar-refractivity contribution in [2.75, 3.05) is 0 Å². The summed E-state index contributed by atoms with van der Waals surface area (Å²) in [6, 6.07) is 2.23. The monoisotopic (exact) mass is 241 g/mol. The highest BCUT2D eigenvalue weighted by molar-refractivity contribution is 6.70. The second-order valence-corrected chi connectivity index (χ2v) is 9.05. The molecular formula is C9H12ClN3OSi. The molecule has 6 heteroatoms. The van der Waals surface area contributed by atoms with E-state index in [0.29, 0.717) is 11.2 Å². The molecule has 0 aliphatic carbocycles. The molecule has 2 heterocycles. The van der Waals surface area contributed by atoms with Gasteiger partial charge in [-0.05, 0) is 19.6 Å². The van der Waals surface area contributed by atoms with Crippen LogP contribution < -0.4 is 4.43 Å². The molecule has 4 nitrogen and oxygen atoms in total. The van der Waals surface area contributed by atoms with Crippen molar-refractivity contribution in [2.45, 2.75) is 19.6 Å². The van der Waals surface area contributed by atoms with E-state index in [-0.39, 0.29) is 0 Å². The third kappa shape index (κ3) is 2.30. The van der Waals surface area contributed by atoms with Crippen LogP contribution in [0.2, 0.25) is 24.8 Å². The minimum absolute atomic E-state index is 0.405. The molecule has 2 aromatic rings. The number of imidazole rings is 1. The molecule has 0 aliphatic heterocycles. The van der Waals surface area contributed by atoms with E-state index in [1.807, 2.05) is 6.20 Å². The molecule has 0 aliphatic rings. The van der Waals surface area contributed by atoms with Gasteiger partial charge in [-0.3, -0.25) is 4.40 Å². The van der Waals surface area contributed by atoms with Gasteiger partial charge in [-0.2, -0.15) is 4.98 Å². The van der Waals surface area contributed by atoms with Gasteiger partial charge in [-0.1, -0.05) is 11.6 Å². The van der Waals surface area contributed by atoms with Gasteiger partial charge in [-0.25, -0.2) is 4.98 Å². The summed E-state index contributed by atoms with van der Waals surface area (Å²) in [5, 5.41) is 0.405. The Morgan fingerprint density at radius 3 is 2.80 bits per heavy atom. The molecule has 0 saturated carbocycles. The van der Waals surface area contributed by atoms with E-state index in [4.69, 9.17) is 16.0 Å². The Kier molecular flexibility index (Phi) is 2.44. The Bertz CT molecular complexity index is 492. The number of hydrogen-bond acceptors (Lipinski definition) is 3. The number of hydrogen-bond donors (Lipinski definition) is 0. The van der Waals surface area contributed by atoms with Crippen LogP contribution in [0.3, 0.4) is 0 Å². The third-order valence-electron chi connectivity index (χ3n) is 1.72. The zero-order chi connectivity index (χ0) is 11.1. The molecule has 0 amide bonds. The van der Waals surface area contributed by atoms with Crippen molar-refractivity contribution in [3.8, 4) is 6.01 Å². The molecular weight excluding hydrogens is 230 g/mol. The van der Waals surface area contributed by atoms with Gasteiger partial charge < -0.3 is 4.43 Å². The Morgan fingerprint density at radius 2 is 2.13 bits per heavy atom. The first-order chi connectivity index (χ1) is 6.96. The van der Waals surface area contributed by atoms with Crippen LogP contribution in [0.15, 0.2) is 18.5 Å². The highest BCUT2D eigenvalue weighted by Gasteiger charge is 2.19. The average molecular weight is 242 g/mol. The van der Waals surface area contributed by atoms with Crippen LogP contribution >= 0.6 is 11.6 Å². The van der Waals surface area contributed by atoms with Crippen LogP contribution in [0, 0.1) is 0 Å². The fourth-order valence-electron chi connectivity index (χ4n) is 1.21. The topological polar surface area (TPSA) is 39.4 Å². The maximum absolute atomic E-state index is 5.88. The van der Waals surface area contributed by atoms with E-state index in [9.17, 15) is 0 Å². The summed E-state index contributed by atoms with van der Waals surface area (Å²) in [5.41, 5.74) is 0.753. The summed E-state index contributed by atoms with van der Waals surface area (Å²) in [7, 11) is -1.68. The molecule has 15 heavy (non-hydrogen) atoms. The highest BCUT2D eigenvalue weighted by Crippen LogP contribution is 2.19. The van der Waals surface area contributed by atoms with Gasteiger partial charge in [0.2, 0.25) is 8.32 Å². The Hall–Kier alpha value is -1.07. The van der Waals surface area contributed by atoms with Crippen molar-refractivity contribution < 1.29 is 4.43 Å². The Morgan fingerprint density at radius 1 is 1.40 bits per heavy atom. The minimum Gasteiger partial charge on any atom is -0.519 e.